The number of hydrogen-bond donors (Lipinski definition) is 1. The van der Waals surface area contributed by atoms with Gasteiger partial charge in [0.1, 0.15) is 0 Å². The van der Waals surface area contributed by atoms with Crippen molar-refractivity contribution in [2.45, 2.75) is 12.5 Å². The van der Waals surface area contributed by atoms with Gasteiger partial charge in [0.25, 0.3) is 0 Å². The van der Waals surface area contributed by atoms with Gasteiger partial charge in [0.15, 0.2) is 6.10 Å². The van der Waals surface area contributed by atoms with Crippen molar-refractivity contribution >= 4 is 16.6 Å². The smallest absolute Gasteiger partial charge is 0.156 e. The van der Waals surface area contributed by atoms with Crippen LogP contribution in [0.2, 0.25) is 0 Å². The zero-order valence-electron chi connectivity index (χ0n) is 9.21. The highest BCUT2D eigenvalue weighted by molar-refractivity contribution is 6.10. The molecule has 1 N–H and O–H groups in total. The lowest BCUT2D eigenvalue weighted by Crippen LogP contribution is -2.13. The topological polar surface area (TPSA) is 54.7 Å². The quantitative estimate of drug-likeness (QED) is 0.851. The van der Waals surface area contributed by atoms with Gasteiger partial charge in [-0.25, -0.2) is 0 Å². The van der Waals surface area contributed by atoms with E-state index in [1.165, 1.54) is 0 Å². The van der Waals surface area contributed by atoms with E-state index in [2.05, 4.69) is 10.1 Å². The van der Waals surface area contributed by atoms with Gasteiger partial charge in [-0.1, -0.05) is 29.4 Å². The normalized spacial score (nSPS) is 19.1. The molecule has 17 heavy (non-hydrogen) atoms. The molecule has 86 valence electrons. The largest absolute Gasteiger partial charge is 0.392 e. The van der Waals surface area contributed by atoms with Gasteiger partial charge in [-0.05, 0) is 6.07 Å². The van der Waals surface area contributed by atoms with Crippen molar-refractivity contribution in [1.82, 2.24) is 4.98 Å². The fourth-order valence-corrected chi connectivity index (χ4v) is 2.02. The Bertz CT molecular complexity index is 575. The minimum Gasteiger partial charge on any atom is -0.392 e. The zero-order valence-corrected chi connectivity index (χ0v) is 9.21. The molecule has 1 unspecified atom stereocenters. The first-order valence-corrected chi connectivity index (χ1v) is 5.56. The van der Waals surface area contributed by atoms with Gasteiger partial charge in [0.05, 0.1) is 17.8 Å². The van der Waals surface area contributed by atoms with Gasteiger partial charge in [0.2, 0.25) is 0 Å². The van der Waals surface area contributed by atoms with Crippen molar-refractivity contribution in [3.05, 3.63) is 42.1 Å². The predicted molar refractivity (Wildman–Crippen MR) is 64.9 cm³/mol. The molecule has 0 bridgehead atoms. The number of nitrogens with zero attached hydrogens (tertiary/aromatic N) is 2. The summed E-state index contributed by atoms with van der Waals surface area (Å²) in [6.45, 7) is -0.00874. The van der Waals surface area contributed by atoms with E-state index in [0.29, 0.717) is 6.42 Å². The van der Waals surface area contributed by atoms with E-state index in [0.717, 1.165) is 22.2 Å². The maximum Gasteiger partial charge on any atom is 0.156 e. The van der Waals surface area contributed by atoms with Crippen molar-refractivity contribution in [3.63, 3.8) is 0 Å². The Morgan fingerprint density at radius 2 is 2.18 bits per heavy atom. The molecule has 0 aliphatic carbocycles. The maximum atomic E-state index is 9.03. The maximum absolute atomic E-state index is 9.03. The Hall–Kier alpha value is -1.94. The summed E-state index contributed by atoms with van der Waals surface area (Å²) in [5, 5.41) is 14.1. The number of aliphatic hydroxyl groups is 1. The molecule has 0 amide bonds. The van der Waals surface area contributed by atoms with Gasteiger partial charge in [-0.3, -0.25) is 4.98 Å². The third-order valence-corrected chi connectivity index (χ3v) is 2.88. The monoisotopic (exact) mass is 228 g/mol. The summed E-state index contributed by atoms with van der Waals surface area (Å²) in [5.74, 6) is 0. The van der Waals surface area contributed by atoms with Crippen LogP contribution in [0.25, 0.3) is 10.9 Å². The van der Waals surface area contributed by atoms with Crippen LogP contribution >= 0.6 is 0 Å². The van der Waals surface area contributed by atoms with Gasteiger partial charge in [-0.15, -0.1) is 0 Å². The first-order chi connectivity index (χ1) is 8.38. The lowest BCUT2D eigenvalue weighted by atomic mass is 10.0. The predicted octanol–water partition coefficient (Wildman–Crippen LogP) is 1.72. The second-order valence-corrected chi connectivity index (χ2v) is 4.03. The molecule has 0 radical (unpaired) electrons. The molecule has 0 saturated heterocycles. The molecule has 2 aromatic rings. The summed E-state index contributed by atoms with van der Waals surface area (Å²) in [6, 6.07) is 9.92. The molecule has 0 spiro atoms. The number of para-hydroxylation sites is 1. The first-order valence-electron chi connectivity index (χ1n) is 5.56. The van der Waals surface area contributed by atoms with Gasteiger partial charge < -0.3 is 9.94 Å². The van der Waals surface area contributed by atoms with Crippen LogP contribution in [0.1, 0.15) is 12.0 Å². The Kier molecular flexibility index (Phi) is 2.49. The third-order valence-electron chi connectivity index (χ3n) is 2.88. The highest BCUT2D eigenvalue weighted by Crippen LogP contribution is 2.22. The van der Waals surface area contributed by atoms with Crippen LogP contribution in [0.3, 0.4) is 0 Å². The Balaban J connectivity index is 2.07. The molecule has 1 atom stereocenters. The van der Waals surface area contributed by atoms with E-state index in [4.69, 9.17) is 9.94 Å². The Morgan fingerprint density at radius 1 is 1.29 bits per heavy atom. The van der Waals surface area contributed by atoms with Crippen molar-refractivity contribution in [1.29, 1.82) is 0 Å². The van der Waals surface area contributed by atoms with Crippen LogP contribution in [0.4, 0.5) is 0 Å². The molecule has 0 fully saturated rings. The summed E-state index contributed by atoms with van der Waals surface area (Å²) < 4.78 is 0. The average Bonchev–Trinajstić information content (AvgIpc) is 2.87. The highest BCUT2D eigenvalue weighted by Gasteiger charge is 2.22. The van der Waals surface area contributed by atoms with E-state index < -0.39 is 0 Å². The first kappa shape index (κ1) is 10.2. The van der Waals surface area contributed by atoms with E-state index in [1.54, 1.807) is 6.20 Å². The number of aliphatic hydroxyl groups excluding tert-OH is 1. The minimum atomic E-state index is -0.219. The molecule has 2 heterocycles. The second kappa shape index (κ2) is 4.14. The third kappa shape index (κ3) is 1.76. The number of oxime groups is 1. The molecular weight excluding hydrogens is 216 g/mol. The summed E-state index contributed by atoms with van der Waals surface area (Å²) in [5.41, 5.74) is 2.77. The number of aromatic nitrogens is 1. The van der Waals surface area contributed by atoms with Crippen LogP contribution in [0.15, 0.2) is 41.7 Å². The highest BCUT2D eigenvalue weighted by atomic mass is 16.6. The second-order valence-electron chi connectivity index (χ2n) is 4.03. The van der Waals surface area contributed by atoms with E-state index in [-0.39, 0.29) is 12.7 Å². The van der Waals surface area contributed by atoms with Crippen LogP contribution in [-0.2, 0) is 4.84 Å². The molecule has 4 heteroatoms. The Morgan fingerprint density at radius 3 is 3.00 bits per heavy atom. The van der Waals surface area contributed by atoms with Crippen LogP contribution in [-0.4, -0.2) is 28.5 Å². The summed E-state index contributed by atoms with van der Waals surface area (Å²) in [4.78, 5) is 9.51. The van der Waals surface area contributed by atoms with Gasteiger partial charge >= 0.3 is 0 Å². The fraction of sp³-hybridized carbons (Fsp3) is 0.231. The van der Waals surface area contributed by atoms with Crippen molar-refractivity contribution in [2.75, 3.05) is 6.61 Å². The molecule has 0 saturated carbocycles. The SMILES string of the molecule is OCC1CC(c2cccc3cccnc23)=NO1. The van der Waals surface area contributed by atoms with Crippen molar-refractivity contribution in [3.8, 4) is 0 Å². The molecular formula is C13H12N2O2. The number of fused-ring (bicyclic) bond motifs is 1. The van der Waals surface area contributed by atoms with Crippen LogP contribution in [0.5, 0.6) is 0 Å². The van der Waals surface area contributed by atoms with Gasteiger partial charge in [-0.2, -0.15) is 0 Å². The number of hydrogen-bond acceptors (Lipinski definition) is 4. The number of rotatable bonds is 2. The van der Waals surface area contributed by atoms with Crippen molar-refractivity contribution in [2.24, 2.45) is 5.16 Å². The lowest BCUT2D eigenvalue weighted by Gasteiger charge is -2.04. The van der Waals surface area contributed by atoms with Crippen LogP contribution in [0, 0.1) is 0 Å². The lowest BCUT2D eigenvalue weighted by molar-refractivity contribution is 0.0390. The molecule has 4 nitrogen and oxygen atoms in total. The Labute approximate surface area is 98.5 Å². The standard InChI is InChI=1S/C13H12N2O2/c16-8-10-7-12(15-17-10)11-5-1-3-9-4-2-6-14-13(9)11/h1-6,10,16H,7-8H2. The van der Waals surface area contributed by atoms with Crippen LogP contribution < -0.4 is 0 Å². The molecule has 1 aromatic heterocycles. The zero-order chi connectivity index (χ0) is 11.7. The fourth-order valence-electron chi connectivity index (χ4n) is 2.02. The molecule has 1 aliphatic rings. The molecule has 3 rings (SSSR count). The minimum absolute atomic E-state index is 0.00874. The number of benzene rings is 1. The molecule has 1 aliphatic heterocycles. The summed E-state index contributed by atoms with van der Waals surface area (Å²) >= 11 is 0. The summed E-state index contributed by atoms with van der Waals surface area (Å²) in [6.07, 6.45) is 2.18. The van der Waals surface area contributed by atoms with Gasteiger partial charge in [0, 0.05) is 23.6 Å². The molecule has 1 aromatic carbocycles. The van der Waals surface area contributed by atoms with E-state index in [1.807, 2.05) is 30.3 Å². The summed E-state index contributed by atoms with van der Waals surface area (Å²) in [7, 11) is 0. The number of pyridine rings is 1. The van der Waals surface area contributed by atoms with E-state index >= 15 is 0 Å². The van der Waals surface area contributed by atoms with E-state index in [9.17, 15) is 0 Å². The average molecular weight is 228 g/mol. The van der Waals surface area contributed by atoms with Crippen molar-refractivity contribution < 1.29 is 9.94 Å².